The minimum atomic E-state index is -2.60. The zero-order valence-electron chi connectivity index (χ0n) is 10.8. The highest BCUT2D eigenvalue weighted by Crippen LogP contribution is 2.27. The van der Waals surface area contributed by atoms with Gasteiger partial charge in [-0.05, 0) is 24.3 Å². The molecule has 0 saturated carbocycles. The Morgan fingerprint density at radius 3 is 2.05 bits per heavy atom. The molecule has 104 valence electrons. The molecular weight excluding hydrogens is 289 g/mol. The molecule has 4 nitrogen and oxygen atoms in total. The zero-order chi connectivity index (χ0) is 14.8. The Kier molecular flexibility index (Phi) is 4.61. The van der Waals surface area contributed by atoms with Gasteiger partial charge in [0.1, 0.15) is 0 Å². The molecule has 1 aromatic carbocycles. The van der Waals surface area contributed by atoms with Gasteiger partial charge in [-0.25, -0.2) is 0 Å². The molecular formula is C13H15Cl2NO3. The first kappa shape index (κ1) is 16.0. The summed E-state index contributed by atoms with van der Waals surface area (Å²) in [6.45, 7) is 4.70. The standard InChI is InChI=1S/C13H15Cl2NO3/c1-12(2,3)10(17)13(15,19)11(18)16-9-6-4-8(14)5-7-9/h4-7,19H,1-3H3,(H,16,18). The summed E-state index contributed by atoms with van der Waals surface area (Å²) in [5, 5.41) is 10.1. The van der Waals surface area contributed by atoms with E-state index in [1.807, 2.05) is 0 Å². The lowest BCUT2D eigenvalue weighted by Crippen LogP contribution is -2.49. The number of anilines is 1. The maximum Gasteiger partial charge on any atom is 0.280 e. The van der Waals surface area contributed by atoms with E-state index in [9.17, 15) is 14.7 Å². The van der Waals surface area contributed by atoms with Gasteiger partial charge in [-0.3, -0.25) is 9.59 Å². The lowest BCUT2D eigenvalue weighted by Gasteiger charge is -2.26. The Hall–Kier alpha value is -1.10. The molecule has 6 heteroatoms. The van der Waals surface area contributed by atoms with E-state index in [0.29, 0.717) is 10.7 Å². The molecule has 0 fully saturated rings. The van der Waals surface area contributed by atoms with E-state index < -0.39 is 22.2 Å². The van der Waals surface area contributed by atoms with E-state index in [0.717, 1.165) is 0 Å². The minimum absolute atomic E-state index is 0.384. The zero-order valence-corrected chi connectivity index (χ0v) is 12.3. The van der Waals surface area contributed by atoms with Crippen LogP contribution in [0.15, 0.2) is 24.3 Å². The molecule has 0 bridgehead atoms. The molecule has 0 radical (unpaired) electrons. The maximum absolute atomic E-state index is 11.9. The van der Waals surface area contributed by atoms with E-state index >= 15 is 0 Å². The summed E-state index contributed by atoms with van der Waals surface area (Å²) in [7, 11) is 0. The van der Waals surface area contributed by atoms with Crippen LogP contribution >= 0.6 is 23.2 Å². The molecule has 0 aliphatic rings. The Labute approximate surface area is 121 Å². The quantitative estimate of drug-likeness (QED) is 0.666. The molecule has 1 unspecified atom stereocenters. The predicted octanol–water partition coefficient (Wildman–Crippen LogP) is 2.82. The van der Waals surface area contributed by atoms with Crippen LogP contribution < -0.4 is 5.32 Å². The van der Waals surface area contributed by atoms with Gasteiger partial charge in [-0.15, -0.1) is 0 Å². The summed E-state index contributed by atoms with van der Waals surface area (Å²) >= 11 is 11.4. The van der Waals surface area contributed by atoms with Gasteiger partial charge in [0.05, 0.1) is 0 Å². The Bertz CT molecular complexity index is 490. The van der Waals surface area contributed by atoms with Gasteiger partial charge in [0.25, 0.3) is 11.0 Å². The van der Waals surface area contributed by atoms with Crippen molar-refractivity contribution in [3.05, 3.63) is 29.3 Å². The smallest absolute Gasteiger partial charge is 0.280 e. The van der Waals surface area contributed by atoms with Crippen molar-refractivity contribution in [3.63, 3.8) is 0 Å². The number of rotatable bonds is 3. The SMILES string of the molecule is CC(C)(C)C(=O)C(O)(Cl)C(=O)Nc1ccc(Cl)cc1. The van der Waals surface area contributed by atoms with Crippen molar-refractivity contribution in [2.45, 2.75) is 25.8 Å². The third-order valence-electron chi connectivity index (χ3n) is 2.39. The lowest BCUT2D eigenvalue weighted by molar-refractivity contribution is -0.146. The highest BCUT2D eigenvalue weighted by Gasteiger charge is 2.47. The van der Waals surface area contributed by atoms with Crippen LogP contribution in [-0.4, -0.2) is 21.9 Å². The number of carbonyl (C=O) groups is 2. The number of Topliss-reactive ketones (excluding diaryl/α,β-unsaturated/α-hetero) is 1. The molecule has 19 heavy (non-hydrogen) atoms. The van der Waals surface area contributed by atoms with E-state index in [4.69, 9.17) is 23.2 Å². The van der Waals surface area contributed by atoms with Crippen LogP contribution in [0.4, 0.5) is 5.69 Å². The third-order valence-corrected chi connectivity index (χ3v) is 2.98. The van der Waals surface area contributed by atoms with Crippen LogP contribution in [0, 0.1) is 5.41 Å². The first-order valence-electron chi connectivity index (χ1n) is 5.58. The molecule has 0 saturated heterocycles. The molecule has 0 spiro atoms. The Morgan fingerprint density at radius 2 is 1.63 bits per heavy atom. The number of aliphatic hydroxyl groups is 1. The van der Waals surface area contributed by atoms with Crippen molar-refractivity contribution in [1.82, 2.24) is 0 Å². The highest BCUT2D eigenvalue weighted by atomic mass is 35.5. The molecule has 1 rings (SSSR count). The van der Waals surface area contributed by atoms with Crippen molar-refractivity contribution in [2.75, 3.05) is 5.32 Å². The fourth-order valence-corrected chi connectivity index (χ4v) is 1.80. The van der Waals surface area contributed by atoms with Gasteiger partial charge in [0.2, 0.25) is 0 Å². The van der Waals surface area contributed by atoms with Crippen molar-refractivity contribution in [2.24, 2.45) is 5.41 Å². The number of amides is 1. The molecule has 1 amide bonds. The fourth-order valence-electron chi connectivity index (χ4n) is 1.35. The molecule has 1 atom stereocenters. The number of nitrogens with one attached hydrogen (secondary N) is 1. The number of alkyl halides is 1. The summed E-state index contributed by atoms with van der Waals surface area (Å²) < 4.78 is 0. The Balaban J connectivity index is 2.88. The molecule has 0 aliphatic heterocycles. The molecule has 2 N–H and O–H groups in total. The van der Waals surface area contributed by atoms with E-state index in [2.05, 4.69) is 5.32 Å². The van der Waals surface area contributed by atoms with Crippen molar-refractivity contribution in [3.8, 4) is 0 Å². The van der Waals surface area contributed by atoms with E-state index in [1.165, 1.54) is 12.1 Å². The second kappa shape index (κ2) is 5.49. The van der Waals surface area contributed by atoms with Gasteiger partial charge in [0, 0.05) is 16.1 Å². The summed E-state index contributed by atoms with van der Waals surface area (Å²) in [6, 6.07) is 6.20. The van der Waals surface area contributed by atoms with Gasteiger partial charge in [-0.1, -0.05) is 44.0 Å². The van der Waals surface area contributed by atoms with Gasteiger partial charge < -0.3 is 10.4 Å². The number of carbonyl (C=O) groups excluding carboxylic acids is 2. The second-order valence-electron chi connectivity index (χ2n) is 5.16. The summed E-state index contributed by atoms with van der Waals surface area (Å²) in [5.74, 6) is -1.76. The molecule has 0 heterocycles. The van der Waals surface area contributed by atoms with Crippen molar-refractivity contribution in [1.29, 1.82) is 0 Å². The summed E-state index contributed by atoms with van der Waals surface area (Å²) in [6.07, 6.45) is 0. The van der Waals surface area contributed by atoms with Crippen LogP contribution in [0.25, 0.3) is 0 Å². The summed E-state index contributed by atoms with van der Waals surface area (Å²) in [5.41, 5.74) is -0.552. The number of hydrogen-bond donors (Lipinski definition) is 2. The summed E-state index contributed by atoms with van der Waals surface area (Å²) in [4.78, 5) is 23.8. The number of ketones is 1. The van der Waals surface area contributed by atoms with Gasteiger partial charge in [0.15, 0.2) is 5.78 Å². The van der Waals surface area contributed by atoms with Crippen LogP contribution in [-0.2, 0) is 9.59 Å². The van der Waals surface area contributed by atoms with Crippen molar-refractivity contribution < 1.29 is 14.7 Å². The second-order valence-corrected chi connectivity index (χ2v) is 6.15. The number of halogens is 2. The number of hydrogen-bond acceptors (Lipinski definition) is 3. The van der Waals surface area contributed by atoms with Crippen LogP contribution in [0.3, 0.4) is 0 Å². The maximum atomic E-state index is 11.9. The highest BCUT2D eigenvalue weighted by molar-refractivity contribution is 6.46. The average molecular weight is 304 g/mol. The monoisotopic (exact) mass is 303 g/mol. The van der Waals surface area contributed by atoms with Crippen LogP contribution in [0.5, 0.6) is 0 Å². The molecule has 0 aromatic heterocycles. The van der Waals surface area contributed by atoms with Gasteiger partial charge in [-0.2, -0.15) is 0 Å². The lowest BCUT2D eigenvalue weighted by atomic mass is 9.87. The average Bonchev–Trinajstić information content (AvgIpc) is 2.29. The Morgan fingerprint density at radius 1 is 1.16 bits per heavy atom. The normalized spacial score (nSPS) is 14.6. The number of benzene rings is 1. The van der Waals surface area contributed by atoms with Crippen molar-refractivity contribution >= 4 is 40.6 Å². The minimum Gasteiger partial charge on any atom is -0.361 e. The van der Waals surface area contributed by atoms with E-state index in [-0.39, 0.29) is 0 Å². The molecule has 0 aliphatic carbocycles. The molecule has 1 aromatic rings. The first-order chi connectivity index (χ1) is 8.55. The fraction of sp³-hybridized carbons (Fsp3) is 0.385. The van der Waals surface area contributed by atoms with Crippen LogP contribution in [0.1, 0.15) is 20.8 Å². The van der Waals surface area contributed by atoms with Crippen LogP contribution in [0.2, 0.25) is 5.02 Å². The third kappa shape index (κ3) is 3.93. The largest absolute Gasteiger partial charge is 0.361 e. The van der Waals surface area contributed by atoms with E-state index in [1.54, 1.807) is 32.9 Å². The topological polar surface area (TPSA) is 66.4 Å². The van der Waals surface area contributed by atoms with Gasteiger partial charge >= 0.3 is 0 Å². The predicted molar refractivity (Wildman–Crippen MR) is 75.3 cm³/mol. The first-order valence-corrected chi connectivity index (χ1v) is 6.34.